The van der Waals surface area contributed by atoms with Crippen LogP contribution in [0, 0.1) is 5.92 Å². The Morgan fingerprint density at radius 1 is 1.15 bits per heavy atom. The van der Waals surface area contributed by atoms with Crippen LogP contribution in [0.1, 0.15) is 19.5 Å². The molecule has 3 aromatic rings. The molecule has 26 heavy (non-hydrogen) atoms. The van der Waals surface area contributed by atoms with E-state index in [1.807, 2.05) is 30.3 Å². The Balaban J connectivity index is 1.57. The average Bonchev–Trinajstić information content (AvgIpc) is 3.25. The van der Waals surface area contributed by atoms with Crippen molar-refractivity contribution in [3.05, 3.63) is 41.4 Å². The summed E-state index contributed by atoms with van der Waals surface area (Å²) in [7, 11) is 0. The maximum absolute atomic E-state index is 12.1. The topological polar surface area (TPSA) is 113 Å². The van der Waals surface area contributed by atoms with Gasteiger partial charge in [0, 0.05) is 16.9 Å². The molecule has 2 amide bonds. The molecule has 0 radical (unpaired) electrons. The van der Waals surface area contributed by atoms with Crippen LogP contribution in [0.2, 0.25) is 0 Å². The van der Waals surface area contributed by atoms with Crippen LogP contribution in [0.15, 0.2) is 35.7 Å². The van der Waals surface area contributed by atoms with Gasteiger partial charge in [-0.25, -0.2) is 4.98 Å². The molecule has 0 saturated carbocycles. The second kappa shape index (κ2) is 7.87. The molecule has 0 spiro atoms. The third kappa shape index (κ3) is 4.51. The first kappa shape index (κ1) is 17.7. The van der Waals surface area contributed by atoms with Crippen molar-refractivity contribution in [1.29, 1.82) is 0 Å². The number of benzene rings is 1. The molecule has 2 heterocycles. The van der Waals surface area contributed by atoms with Gasteiger partial charge in [0.2, 0.25) is 17.8 Å². The minimum Gasteiger partial charge on any atom is -0.302 e. The van der Waals surface area contributed by atoms with Crippen LogP contribution >= 0.6 is 11.3 Å². The fourth-order valence-electron chi connectivity index (χ4n) is 2.07. The predicted octanol–water partition coefficient (Wildman–Crippen LogP) is 2.70. The van der Waals surface area contributed by atoms with E-state index in [0.29, 0.717) is 16.6 Å². The summed E-state index contributed by atoms with van der Waals surface area (Å²) in [5, 5.41) is 14.4. The highest BCUT2D eigenvalue weighted by atomic mass is 32.1. The molecule has 8 nitrogen and oxygen atoms in total. The molecule has 0 aliphatic carbocycles. The molecule has 0 atom stereocenters. The van der Waals surface area contributed by atoms with Crippen LogP contribution in [0.3, 0.4) is 0 Å². The summed E-state index contributed by atoms with van der Waals surface area (Å²) in [6, 6.07) is 9.50. The number of H-pyrrole nitrogens is 1. The monoisotopic (exact) mass is 370 g/mol. The maximum atomic E-state index is 12.1. The van der Waals surface area contributed by atoms with Gasteiger partial charge >= 0.3 is 0 Å². The van der Waals surface area contributed by atoms with Gasteiger partial charge in [-0.1, -0.05) is 44.2 Å². The highest BCUT2D eigenvalue weighted by Crippen LogP contribution is 2.18. The summed E-state index contributed by atoms with van der Waals surface area (Å²) in [5.41, 5.74) is 1.45. The fraction of sp³-hybridized carbons (Fsp3) is 0.235. The molecular formula is C17H18N6O2S. The lowest BCUT2D eigenvalue weighted by molar-refractivity contribution is -0.119. The standard InChI is InChI=1S/C17H18N6O2S/c1-10(2)15(25)21-17-18-12(9-26-17)8-13(24)19-16-20-14(22-23-16)11-6-4-3-5-7-11/h3-7,9-10H,8H2,1-2H3,(H,18,21,25)(H2,19,20,22,23,24). The van der Waals surface area contributed by atoms with Gasteiger partial charge in [0.25, 0.3) is 0 Å². The lowest BCUT2D eigenvalue weighted by Gasteiger charge is -2.03. The van der Waals surface area contributed by atoms with Crippen molar-refractivity contribution in [3.8, 4) is 11.4 Å². The molecule has 3 rings (SSSR count). The zero-order valence-electron chi connectivity index (χ0n) is 14.3. The molecule has 0 saturated heterocycles. The van der Waals surface area contributed by atoms with Gasteiger partial charge in [-0.2, -0.15) is 4.98 Å². The zero-order chi connectivity index (χ0) is 18.5. The molecule has 2 aromatic heterocycles. The number of thiazole rings is 1. The summed E-state index contributed by atoms with van der Waals surface area (Å²) in [5.74, 6) is 0.265. The third-order valence-electron chi connectivity index (χ3n) is 3.43. The lowest BCUT2D eigenvalue weighted by atomic mass is 10.2. The van der Waals surface area contributed by atoms with Crippen molar-refractivity contribution in [1.82, 2.24) is 20.2 Å². The van der Waals surface area contributed by atoms with E-state index >= 15 is 0 Å². The van der Waals surface area contributed by atoms with Crippen LogP contribution in [0.5, 0.6) is 0 Å². The number of hydrogen-bond acceptors (Lipinski definition) is 6. The Morgan fingerprint density at radius 3 is 2.65 bits per heavy atom. The van der Waals surface area contributed by atoms with Crippen molar-refractivity contribution >= 4 is 34.2 Å². The number of hydrogen-bond donors (Lipinski definition) is 3. The molecule has 3 N–H and O–H groups in total. The van der Waals surface area contributed by atoms with E-state index in [2.05, 4.69) is 30.8 Å². The number of nitrogens with zero attached hydrogens (tertiary/aromatic N) is 3. The quantitative estimate of drug-likeness (QED) is 0.617. The highest BCUT2D eigenvalue weighted by molar-refractivity contribution is 7.13. The maximum Gasteiger partial charge on any atom is 0.249 e. The van der Waals surface area contributed by atoms with E-state index in [-0.39, 0.29) is 30.1 Å². The minimum atomic E-state index is -0.282. The van der Waals surface area contributed by atoms with Crippen molar-refractivity contribution < 1.29 is 9.59 Å². The number of aromatic amines is 1. The van der Waals surface area contributed by atoms with E-state index in [4.69, 9.17) is 0 Å². The molecule has 9 heteroatoms. The van der Waals surface area contributed by atoms with Crippen LogP contribution in [0.4, 0.5) is 11.1 Å². The normalized spacial score (nSPS) is 10.7. The van der Waals surface area contributed by atoms with Gasteiger partial charge in [0.15, 0.2) is 11.0 Å². The molecular weight excluding hydrogens is 352 g/mol. The molecule has 134 valence electrons. The SMILES string of the molecule is CC(C)C(=O)Nc1nc(CC(=O)Nc2n[nH]c(-c3ccccc3)n2)cs1. The van der Waals surface area contributed by atoms with E-state index in [1.54, 1.807) is 19.2 Å². The Bertz CT molecular complexity index is 903. The molecule has 0 bridgehead atoms. The lowest BCUT2D eigenvalue weighted by Crippen LogP contribution is -2.18. The van der Waals surface area contributed by atoms with Crippen molar-refractivity contribution in [3.63, 3.8) is 0 Å². The van der Waals surface area contributed by atoms with E-state index in [0.717, 1.165) is 5.56 Å². The number of amides is 2. The number of carbonyl (C=O) groups excluding carboxylic acids is 2. The molecule has 0 aliphatic rings. The second-order valence-corrected chi connectivity index (χ2v) is 6.74. The Morgan fingerprint density at radius 2 is 1.92 bits per heavy atom. The van der Waals surface area contributed by atoms with Gasteiger partial charge in [0.05, 0.1) is 12.1 Å². The zero-order valence-corrected chi connectivity index (χ0v) is 15.1. The summed E-state index contributed by atoms with van der Waals surface area (Å²) in [6.45, 7) is 3.61. The molecule has 0 aliphatic heterocycles. The van der Waals surface area contributed by atoms with Crippen LogP contribution in [-0.4, -0.2) is 32.0 Å². The first-order valence-electron chi connectivity index (χ1n) is 8.04. The van der Waals surface area contributed by atoms with Gasteiger partial charge in [-0.05, 0) is 0 Å². The smallest absolute Gasteiger partial charge is 0.249 e. The van der Waals surface area contributed by atoms with Gasteiger partial charge in [-0.15, -0.1) is 16.4 Å². The second-order valence-electron chi connectivity index (χ2n) is 5.89. The van der Waals surface area contributed by atoms with E-state index in [1.165, 1.54) is 11.3 Å². The van der Waals surface area contributed by atoms with Crippen LogP contribution < -0.4 is 10.6 Å². The van der Waals surface area contributed by atoms with E-state index < -0.39 is 0 Å². The van der Waals surface area contributed by atoms with Gasteiger partial charge in [0.1, 0.15) is 0 Å². The molecule has 0 unspecified atom stereocenters. The summed E-state index contributed by atoms with van der Waals surface area (Å²) >= 11 is 1.28. The van der Waals surface area contributed by atoms with Crippen molar-refractivity contribution in [2.24, 2.45) is 5.92 Å². The van der Waals surface area contributed by atoms with Crippen molar-refractivity contribution in [2.45, 2.75) is 20.3 Å². The summed E-state index contributed by atoms with van der Waals surface area (Å²) < 4.78 is 0. The van der Waals surface area contributed by atoms with E-state index in [9.17, 15) is 9.59 Å². The predicted molar refractivity (Wildman–Crippen MR) is 99.7 cm³/mol. The van der Waals surface area contributed by atoms with Crippen LogP contribution in [0.25, 0.3) is 11.4 Å². The molecule has 0 fully saturated rings. The Hall–Kier alpha value is -3.07. The largest absolute Gasteiger partial charge is 0.302 e. The van der Waals surface area contributed by atoms with Crippen LogP contribution in [-0.2, 0) is 16.0 Å². The number of rotatable bonds is 6. The average molecular weight is 370 g/mol. The number of aromatic nitrogens is 4. The first-order chi connectivity index (χ1) is 12.5. The number of anilines is 2. The number of carbonyl (C=O) groups is 2. The fourth-order valence-corrected chi connectivity index (χ4v) is 2.78. The Kier molecular flexibility index (Phi) is 5.37. The number of nitrogens with one attached hydrogen (secondary N) is 3. The minimum absolute atomic E-state index is 0.0727. The third-order valence-corrected chi connectivity index (χ3v) is 4.24. The molecule has 1 aromatic carbocycles. The summed E-state index contributed by atoms with van der Waals surface area (Å²) in [4.78, 5) is 32.3. The first-order valence-corrected chi connectivity index (χ1v) is 8.92. The Labute approximate surface area is 154 Å². The van der Waals surface area contributed by atoms with Crippen molar-refractivity contribution in [2.75, 3.05) is 10.6 Å². The highest BCUT2D eigenvalue weighted by Gasteiger charge is 2.13. The summed E-state index contributed by atoms with van der Waals surface area (Å²) in [6.07, 6.45) is 0.0727. The van der Waals surface area contributed by atoms with Gasteiger partial charge < -0.3 is 5.32 Å². The van der Waals surface area contributed by atoms with Gasteiger partial charge in [-0.3, -0.25) is 20.0 Å².